The van der Waals surface area contributed by atoms with Crippen molar-refractivity contribution in [2.24, 2.45) is 0 Å². The summed E-state index contributed by atoms with van der Waals surface area (Å²) in [5.41, 5.74) is 1.29. The molecule has 1 amide bonds. The Morgan fingerprint density at radius 3 is 3.31 bits per heavy atom. The van der Waals surface area contributed by atoms with Crippen LogP contribution in [0.2, 0.25) is 0 Å². The Labute approximate surface area is 165 Å². The Bertz CT molecular complexity index is 757. The first kappa shape index (κ1) is 18.2. The third-order valence-corrected chi connectivity index (χ3v) is 7.73. The maximum atomic E-state index is 12.8. The number of hydrogen-bond donors (Lipinski definition) is 1. The molecule has 2 aromatic heterocycles. The van der Waals surface area contributed by atoms with Crippen LogP contribution >= 0.6 is 34.4 Å². The van der Waals surface area contributed by atoms with Crippen LogP contribution in [0.15, 0.2) is 15.8 Å². The summed E-state index contributed by atoms with van der Waals surface area (Å²) in [6.07, 6.45) is 3.47. The number of thiophene rings is 1. The van der Waals surface area contributed by atoms with Crippen molar-refractivity contribution in [1.29, 1.82) is 0 Å². The number of thioether (sulfide) groups is 1. The molecule has 0 saturated carbocycles. The Kier molecular flexibility index (Phi) is 5.78. The minimum atomic E-state index is -0.158. The zero-order chi connectivity index (χ0) is 17.9. The number of rotatable bonds is 6. The zero-order valence-electron chi connectivity index (χ0n) is 14.6. The van der Waals surface area contributed by atoms with Crippen molar-refractivity contribution < 1.29 is 9.53 Å². The molecule has 2 atom stereocenters. The molecule has 0 aliphatic carbocycles. The average Bonchev–Trinajstić information content (AvgIpc) is 3.40. The zero-order valence-corrected chi connectivity index (χ0v) is 17.1. The van der Waals surface area contributed by atoms with E-state index in [1.807, 2.05) is 11.8 Å². The lowest BCUT2D eigenvalue weighted by atomic mass is 10.1. The largest absolute Gasteiger partial charge is 0.376 e. The van der Waals surface area contributed by atoms with Gasteiger partial charge in [0.1, 0.15) is 0 Å². The van der Waals surface area contributed by atoms with Gasteiger partial charge in [0, 0.05) is 31.1 Å². The summed E-state index contributed by atoms with van der Waals surface area (Å²) in [6, 6.07) is 2.13. The van der Waals surface area contributed by atoms with Gasteiger partial charge in [0.15, 0.2) is 4.34 Å². The molecular weight excluding hydrogens is 388 g/mol. The Morgan fingerprint density at radius 2 is 2.46 bits per heavy atom. The normalized spacial score (nSPS) is 20.8. The van der Waals surface area contributed by atoms with Gasteiger partial charge in [-0.2, -0.15) is 0 Å². The molecule has 2 aromatic rings. The van der Waals surface area contributed by atoms with E-state index in [0.29, 0.717) is 0 Å². The lowest BCUT2D eigenvalue weighted by Gasteiger charge is -2.28. The van der Waals surface area contributed by atoms with E-state index in [0.717, 1.165) is 55.0 Å². The van der Waals surface area contributed by atoms with E-state index in [2.05, 4.69) is 27.0 Å². The highest BCUT2D eigenvalue weighted by atomic mass is 32.2. The highest BCUT2D eigenvalue weighted by Crippen LogP contribution is 2.31. The second kappa shape index (κ2) is 8.24. The van der Waals surface area contributed by atoms with Gasteiger partial charge in [-0.15, -0.1) is 21.5 Å². The van der Waals surface area contributed by atoms with Gasteiger partial charge in [0.25, 0.3) is 0 Å². The Hall–Kier alpha value is -1.16. The summed E-state index contributed by atoms with van der Waals surface area (Å²) < 4.78 is 6.43. The van der Waals surface area contributed by atoms with E-state index >= 15 is 0 Å². The number of fused-ring (bicyclic) bond motifs is 1. The minimum Gasteiger partial charge on any atom is -0.376 e. The molecule has 9 heteroatoms. The maximum Gasteiger partial charge on any atom is 0.236 e. The van der Waals surface area contributed by atoms with Crippen LogP contribution < -0.4 is 5.32 Å². The summed E-state index contributed by atoms with van der Waals surface area (Å²) in [5.74, 6) is 0.177. The smallest absolute Gasteiger partial charge is 0.236 e. The minimum absolute atomic E-state index is 0.158. The number of carbonyl (C=O) groups is 1. The SMILES string of the molecule is CC(Sc1nnc(NCC2CCCO2)s1)C(=O)N1CCc2sccc2C1. The number of ether oxygens (including phenoxy) is 1. The van der Waals surface area contributed by atoms with Gasteiger partial charge in [-0.3, -0.25) is 4.79 Å². The third-order valence-electron chi connectivity index (χ3n) is 4.66. The summed E-state index contributed by atoms with van der Waals surface area (Å²) >= 11 is 4.79. The van der Waals surface area contributed by atoms with Gasteiger partial charge in [0.05, 0.1) is 11.4 Å². The van der Waals surface area contributed by atoms with Crippen LogP contribution in [-0.2, 0) is 22.5 Å². The van der Waals surface area contributed by atoms with Crippen LogP contribution in [0, 0.1) is 0 Å². The summed E-state index contributed by atoms with van der Waals surface area (Å²) in [6.45, 7) is 5.11. The predicted octanol–water partition coefficient (Wildman–Crippen LogP) is 3.26. The highest BCUT2D eigenvalue weighted by Gasteiger charge is 2.26. The molecule has 0 spiro atoms. The summed E-state index contributed by atoms with van der Waals surface area (Å²) in [5, 5.41) is 14.4. The van der Waals surface area contributed by atoms with Gasteiger partial charge in [0.2, 0.25) is 11.0 Å². The molecule has 2 unspecified atom stereocenters. The molecule has 0 radical (unpaired) electrons. The van der Waals surface area contributed by atoms with Gasteiger partial charge >= 0.3 is 0 Å². The fourth-order valence-electron chi connectivity index (χ4n) is 3.23. The van der Waals surface area contributed by atoms with E-state index in [1.165, 1.54) is 33.5 Å². The Morgan fingerprint density at radius 1 is 1.54 bits per heavy atom. The van der Waals surface area contributed by atoms with E-state index in [-0.39, 0.29) is 17.3 Å². The van der Waals surface area contributed by atoms with Crippen molar-refractivity contribution in [3.05, 3.63) is 21.9 Å². The summed E-state index contributed by atoms with van der Waals surface area (Å²) in [4.78, 5) is 16.2. The number of nitrogens with zero attached hydrogens (tertiary/aromatic N) is 3. The van der Waals surface area contributed by atoms with Crippen LogP contribution in [0.3, 0.4) is 0 Å². The predicted molar refractivity (Wildman–Crippen MR) is 106 cm³/mol. The van der Waals surface area contributed by atoms with Crippen molar-refractivity contribution in [3.8, 4) is 0 Å². The van der Waals surface area contributed by atoms with Crippen LogP contribution in [0.4, 0.5) is 5.13 Å². The molecule has 140 valence electrons. The van der Waals surface area contributed by atoms with E-state index in [9.17, 15) is 4.79 Å². The van der Waals surface area contributed by atoms with Gasteiger partial charge in [-0.25, -0.2) is 0 Å². The van der Waals surface area contributed by atoms with Crippen LogP contribution in [0.1, 0.15) is 30.2 Å². The van der Waals surface area contributed by atoms with Gasteiger partial charge < -0.3 is 15.0 Å². The van der Waals surface area contributed by atoms with E-state index < -0.39 is 0 Å². The van der Waals surface area contributed by atoms with Gasteiger partial charge in [-0.05, 0) is 43.2 Å². The molecule has 6 nitrogen and oxygen atoms in total. The molecule has 4 rings (SSSR count). The molecular formula is C17H22N4O2S3. The fraction of sp³-hybridized carbons (Fsp3) is 0.588. The fourth-order valence-corrected chi connectivity index (χ4v) is 6.11. The summed E-state index contributed by atoms with van der Waals surface area (Å²) in [7, 11) is 0. The number of aromatic nitrogens is 2. The first-order valence-electron chi connectivity index (χ1n) is 8.88. The molecule has 2 aliphatic heterocycles. The Balaban J connectivity index is 1.29. The molecule has 1 fully saturated rings. The second-order valence-corrected chi connectivity index (χ2v) is 10.1. The van der Waals surface area contributed by atoms with Gasteiger partial charge in [-0.1, -0.05) is 23.1 Å². The second-order valence-electron chi connectivity index (χ2n) is 6.53. The van der Waals surface area contributed by atoms with Crippen molar-refractivity contribution in [2.45, 2.75) is 48.4 Å². The first-order chi connectivity index (χ1) is 12.7. The monoisotopic (exact) mass is 410 g/mol. The van der Waals surface area contributed by atoms with Crippen LogP contribution in [0.5, 0.6) is 0 Å². The van der Waals surface area contributed by atoms with Crippen molar-refractivity contribution in [3.63, 3.8) is 0 Å². The van der Waals surface area contributed by atoms with Crippen molar-refractivity contribution in [2.75, 3.05) is 25.0 Å². The van der Waals surface area contributed by atoms with Crippen LogP contribution in [-0.4, -0.2) is 52.1 Å². The molecule has 1 N–H and O–H groups in total. The lowest BCUT2D eigenvalue weighted by molar-refractivity contribution is -0.131. The number of carbonyl (C=O) groups excluding carboxylic acids is 1. The lowest BCUT2D eigenvalue weighted by Crippen LogP contribution is -2.39. The quantitative estimate of drug-likeness (QED) is 0.738. The molecule has 0 aromatic carbocycles. The molecule has 1 saturated heterocycles. The van der Waals surface area contributed by atoms with Crippen LogP contribution in [0.25, 0.3) is 0 Å². The van der Waals surface area contributed by atoms with Crippen molar-refractivity contribution in [1.82, 2.24) is 15.1 Å². The molecule has 2 aliphatic rings. The third kappa shape index (κ3) is 4.21. The first-order valence-corrected chi connectivity index (χ1v) is 11.5. The number of nitrogens with one attached hydrogen (secondary N) is 1. The number of amides is 1. The highest BCUT2D eigenvalue weighted by molar-refractivity contribution is 8.02. The standard InChI is InChI=1S/C17H22N4O2S3/c1-11(15(22)21-6-4-14-12(10-21)5-8-24-14)25-17-20-19-16(26-17)18-9-13-3-2-7-23-13/h5,8,11,13H,2-4,6-7,9-10H2,1H3,(H,18,19). The molecule has 0 bridgehead atoms. The van der Waals surface area contributed by atoms with E-state index in [4.69, 9.17) is 4.74 Å². The maximum absolute atomic E-state index is 12.8. The topological polar surface area (TPSA) is 67.4 Å². The number of hydrogen-bond acceptors (Lipinski definition) is 8. The molecule has 26 heavy (non-hydrogen) atoms. The van der Waals surface area contributed by atoms with E-state index in [1.54, 1.807) is 11.3 Å². The number of anilines is 1. The van der Waals surface area contributed by atoms with Crippen molar-refractivity contribution >= 4 is 45.5 Å². The average molecular weight is 411 g/mol. The molecule has 4 heterocycles.